The zero-order valence-electron chi connectivity index (χ0n) is 10.3. The molecule has 0 saturated carbocycles. The van der Waals surface area contributed by atoms with Gasteiger partial charge in [-0.3, -0.25) is 0 Å². The van der Waals surface area contributed by atoms with Crippen LogP contribution < -0.4 is 5.32 Å². The summed E-state index contributed by atoms with van der Waals surface area (Å²) in [5.74, 6) is 0.972. The minimum Gasteiger partial charge on any atom is -0.356 e. The van der Waals surface area contributed by atoms with Crippen molar-refractivity contribution in [2.45, 2.75) is 33.2 Å². The molecule has 0 aromatic carbocycles. The van der Waals surface area contributed by atoms with E-state index in [1.807, 2.05) is 12.4 Å². The first-order valence-corrected chi connectivity index (χ1v) is 6.88. The third kappa shape index (κ3) is 3.30. The molecule has 4 nitrogen and oxygen atoms in total. The Morgan fingerprint density at radius 2 is 2.35 bits per heavy atom. The van der Waals surface area contributed by atoms with Gasteiger partial charge in [0.2, 0.25) is 5.95 Å². The predicted molar refractivity (Wildman–Crippen MR) is 71.6 cm³/mol. The highest BCUT2D eigenvalue weighted by Gasteiger charge is 2.05. The maximum Gasteiger partial charge on any atom is 0.203 e. The number of hydrogen-bond acceptors (Lipinski definition) is 4. The van der Waals surface area contributed by atoms with Crippen LogP contribution in [-0.2, 0) is 13.0 Å². The Morgan fingerprint density at radius 3 is 3.06 bits per heavy atom. The van der Waals surface area contributed by atoms with Crippen molar-refractivity contribution in [3.05, 3.63) is 28.5 Å². The lowest BCUT2D eigenvalue weighted by molar-refractivity contribution is 0.689. The second kappa shape index (κ2) is 5.82. The fourth-order valence-electron chi connectivity index (χ4n) is 1.69. The van der Waals surface area contributed by atoms with Crippen molar-refractivity contribution in [3.63, 3.8) is 0 Å². The molecule has 0 amide bonds. The number of nitrogens with zero attached hydrogens (tertiary/aromatic N) is 3. The fourth-order valence-corrected chi connectivity index (χ4v) is 2.28. The van der Waals surface area contributed by atoms with Crippen molar-refractivity contribution >= 4 is 17.3 Å². The SMILES string of the molecule is CCCNc1nc(C)cn1CCc1cscn1. The molecule has 0 aliphatic heterocycles. The average Bonchev–Trinajstić information content (AvgIpc) is 2.93. The zero-order valence-corrected chi connectivity index (χ0v) is 11.1. The summed E-state index contributed by atoms with van der Waals surface area (Å²) >= 11 is 1.65. The van der Waals surface area contributed by atoms with Gasteiger partial charge in [0, 0.05) is 31.1 Å². The first-order valence-electron chi connectivity index (χ1n) is 5.94. The number of rotatable bonds is 6. The van der Waals surface area contributed by atoms with Crippen molar-refractivity contribution in [2.24, 2.45) is 0 Å². The Hall–Kier alpha value is -1.36. The first kappa shape index (κ1) is 12.1. The van der Waals surface area contributed by atoms with Gasteiger partial charge in [0.05, 0.1) is 16.9 Å². The van der Waals surface area contributed by atoms with Crippen molar-refractivity contribution in [1.82, 2.24) is 14.5 Å². The Labute approximate surface area is 106 Å². The van der Waals surface area contributed by atoms with Crippen LogP contribution in [0, 0.1) is 6.92 Å². The fraction of sp³-hybridized carbons (Fsp3) is 0.500. The summed E-state index contributed by atoms with van der Waals surface area (Å²) in [7, 11) is 0. The average molecular weight is 250 g/mol. The Bertz CT molecular complexity index is 447. The van der Waals surface area contributed by atoms with Crippen molar-refractivity contribution < 1.29 is 0 Å². The molecule has 0 fully saturated rings. The minimum atomic E-state index is 0.927. The van der Waals surface area contributed by atoms with E-state index in [0.717, 1.165) is 43.3 Å². The number of thiazole rings is 1. The lowest BCUT2D eigenvalue weighted by Gasteiger charge is -2.07. The highest BCUT2D eigenvalue weighted by atomic mass is 32.1. The van der Waals surface area contributed by atoms with Crippen LogP contribution in [0.3, 0.4) is 0 Å². The largest absolute Gasteiger partial charge is 0.356 e. The molecule has 2 aromatic heterocycles. The van der Waals surface area contributed by atoms with E-state index in [4.69, 9.17) is 0 Å². The van der Waals surface area contributed by atoms with Crippen LogP contribution in [0.4, 0.5) is 5.95 Å². The topological polar surface area (TPSA) is 42.7 Å². The maximum atomic E-state index is 4.48. The molecule has 0 bridgehead atoms. The van der Waals surface area contributed by atoms with E-state index in [1.165, 1.54) is 0 Å². The van der Waals surface area contributed by atoms with Gasteiger partial charge in [-0.15, -0.1) is 11.3 Å². The number of anilines is 1. The normalized spacial score (nSPS) is 10.7. The smallest absolute Gasteiger partial charge is 0.203 e. The van der Waals surface area contributed by atoms with E-state index in [1.54, 1.807) is 11.3 Å². The molecule has 17 heavy (non-hydrogen) atoms. The second-order valence-corrected chi connectivity index (χ2v) is 4.77. The third-order valence-electron chi connectivity index (χ3n) is 2.52. The molecule has 0 unspecified atom stereocenters. The Balaban J connectivity index is 1.99. The lowest BCUT2D eigenvalue weighted by Crippen LogP contribution is -2.09. The number of imidazole rings is 1. The summed E-state index contributed by atoms with van der Waals surface area (Å²) in [5.41, 5.74) is 4.09. The number of aromatic nitrogens is 3. The Morgan fingerprint density at radius 1 is 1.47 bits per heavy atom. The van der Waals surface area contributed by atoms with Crippen molar-refractivity contribution in [2.75, 3.05) is 11.9 Å². The standard InChI is InChI=1S/C12H18N4S/c1-3-5-13-12-15-10(2)7-16(12)6-4-11-8-17-9-14-11/h7-9H,3-6H2,1-2H3,(H,13,15). The third-order valence-corrected chi connectivity index (χ3v) is 3.16. The summed E-state index contributed by atoms with van der Waals surface area (Å²) in [6.45, 7) is 6.07. The number of nitrogens with one attached hydrogen (secondary N) is 1. The van der Waals surface area contributed by atoms with Crippen LogP contribution in [-0.4, -0.2) is 21.1 Å². The molecule has 2 aromatic rings. The number of hydrogen-bond donors (Lipinski definition) is 1. The molecule has 92 valence electrons. The summed E-state index contributed by atoms with van der Waals surface area (Å²) < 4.78 is 2.17. The quantitative estimate of drug-likeness (QED) is 0.857. The van der Waals surface area contributed by atoms with E-state index in [-0.39, 0.29) is 0 Å². The first-order chi connectivity index (χ1) is 8.29. The lowest BCUT2D eigenvalue weighted by atomic mass is 10.3. The Kier molecular flexibility index (Phi) is 4.14. The van der Waals surface area contributed by atoms with Gasteiger partial charge in [-0.1, -0.05) is 6.92 Å². The molecule has 1 N–H and O–H groups in total. The predicted octanol–water partition coefficient (Wildman–Crippen LogP) is 2.71. The second-order valence-electron chi connectivity index (χ2n) is 4.06. The molecular weight excluding hydrogens is 232 g/mol. The van der Waals surface area contributed by atoms with Crippen LogP contribution in [0.2, 0.25) is 0 Å². The summed E-state index contributed by atoms with van der Waals surface area (Å²) in [5, 5.41) is 5.45. The molecule has 2 rings (SSSR count). The van der Waals surface area contributed by atoms with Crippen LogP contribution in [0.1, 0.15) is 24.7 Å². The van der Waals surface area contributed by atoms with Gasteiger partial charge in [-0.2, -0.15) is 0 Å². The minimum absolute atomic E-state index is 0.927. The van der Waals surface area contributed by atoms with E-state index >= 15 is 0 Å². The van der Waals surface area contributed by atoms with Gasteiger partial charge in [0.15, 0.2) is 0 Å². The molecule has 0 aliphatic rings. The van der Waals surface area contributed by atoms with E-state index in [0.29, 0.717) is 0 Å². The highest BCUT2D eigenvalue weighted by molar-refractivity contribution is 7.07. The van der Waals surface area contributed by atoms with Crippen LogP contribution in [0.25, 0.3) is 0 Å². The molecular formula is C12H18N4S. The number of aryl methyl sites for hydroxylation is 3. The van der Waals surface area contributed by atoms with Gasteiger partial charge < -0.3 is 9.88 Å². The molecule has 2 heterocycles. The molecule has 5 heteroatoms. The van der Waals surface area contributed by atoms with Gasteiger partial charge in [0.1, 0.15) is 0 Å². The van der Waals surface area contributed by atoms with Crippen molar-refractivity contribution in [3.8, 4) is 0 Å². The highest BCUT2D eigenvalue weighted by Crippen LogP contribution is 2.10. The molecule has 0 atom stereocenters. The van der Waals surface area contributed by atoms with Gasteiger partial charge in [0.25, 0.3) is 0 Å². The monoisotopic (exact) mass is 250 g/mol. The van der Waals surface area contributed by atoms with Gasteiger partial charge in [-0.25, -0.2) is 9.97 Å². The molecule has 0 radical (unpaired) electrons. The summed E-state index contributed by atoms with van der Waals surface area (Å²) in [6.07, 6.45) is 4.16. The van der Waals surface area contributed by atoms with Gasteiger partial charge in [-0.05, 0) is 13.3 Å². The summed E-state index contributed by atoms with van der Waals surface area (Å²) in [4.78, 5) is 8.78. The molecule has 0 aliphatic carbocycles. The molecule has 0 saturated heterocycles. The van der Waals surface area contributed by atoms with Crippen LogP contribution in [0.5, 0.6) is 0 Å². The van der Waals surface area contributed by atoms with E-state index < -0.39 is 0 Å². The van der Waals surface area contributed by atoms with E-state index in [2.05, 4.69) is 38.4 Å². The van der Waals surface area contributed by atoms with Crippen molar-refractivity contribution in [1.29, 1.82) is 0 Å². The maximum absolute atomic E-state index is 4.48. The summed E-state index contributed by atoms with van der Waals surface area (Å²) in [6, 6.07) is 0. The zero-order chi connectivity index (χ0) is 12.1. The van der Waals surface area contributed by atoms with Crippen LogP contribution >= 0.6 is 11.3 Å². The van der Waals surface area contributed by atoms with Crippen LogP contribution in [0.15, 0.2) is 17.1 Å². The van der Waals surface area contributed by atoms with E-state index in [9.17, 15) is 0 Å². The van der Waals surface area contributed by atoms with Gasteiger partial charge >= 0.3 is 0 Å². The molecule has 0 spiro atoms.